The minimum Gasteiger partial charge on any atom is -0.305 e. The van der Waals surface area contributed by atoms with Crippen molar-refractivity contribution in [1.82, 2.24) is 15.3 Å². The fraction of sp³-hybridized carbons (Fsp3) is 0.375. The molecule has 0 fully saturated rings. The molecule has 1 unspecified atom stereocenters. The van der Waals surface area contributed by atoms with Crippen LogP contribution >= 0.6 is 0 Å². The Morgan fingerprint density at radius 2 is 2.00 bits per heavy atom. The minimum absolute atomic E-state index is 0.120. The smallest absolute Gasteiger partial charge is 0.0769 e. The van der Waals surface area contributed by atoms with Gasteiger partial charge in [-0.3, -0.25) is 9.97 Å². The Labute approximate surface area is 115 Å². The molecule has 0 spiro atoms. The Kier molecular flexibility index (Phi) is 4.63. The number of aromatic nitrogens is 2. The van der Waals surface area contributed by atoms with Gasteiger partial charge in [-0.2, -0.15) is 0 Å². The summed E-state index contributed by atoms with van der Waals surface area (Å²) >= 11 is 0. The summed E-state index contributed by atoms with van der Waals surface area (Å²) in [5.41, 5.74) is 4.60. The third-order valence-corrected chi connectivity index (χ3v) is 3.26. The van der Waals surface area contributed by atoms with Gasteiger partial charge in [-0.1, -0.05) is 26.0 Å². The molecule has 1 atom stereocenters. The molecule has 0 radical (unpaired) electrons. The molecule has 0 saturated heterocycles. The number of hydrogen-bond donors (Lipinski definition) is 1. The van der Waals surface area contributed by atoms with E-state index < -0.39 is 0 Å². The van der Waals surface area contributed by atoms with Crippen molar-refractivity contribution in [2.75, 3.05) is 6.54 Å². The zero-order valence-corrected chi connectivity index (χ0v) is 11.9. The molecular weight excluding hydrogens is 234 g/mol. The van der Waals surface area contributed by atoms with Crippen LogP contribution in [0.25, 0.3) is 0 Å². The van der Waals surface area contributed by atoms with Crippen LogP contribution in [0.4, 0.5) is 0 Å². The Morgan fingerprint density at radius 3 is 2.63 bits per heavy atom. The number of nitrogens with zero attached hydrogens (tertiary/aromatic N) is 2. The summed E-state index contributed by atoms with van der Waals surface area (Å²) < 4.78 is 0. The molecule has 2 aromatic heterocycles. The van der Waals surface area contributed by atoms with E-state index in [1.807, 2.05) is 31.5 Å². The summed E-state index contributed by atoms with van der Waals surface area (Å²) in [6.45, 7) is 7.18. The zero-order valence-electron chi connectivity index (χ0n) is 11.9. The largest absolute Gasteiger partial charge is 0.305 e. The van der Waals surface area contributed by atoms with Gasteiger partial charge in [0.1, 0.15) is 0 Å². The van der Waals surface area contributed by atoms with Gasteiger partial charge in [0, 0.05) is 18.1 Å². The maximum atomic E-state index is 4.58. The molecule has 2 heterocycles. The molecule has 1 N–H and O–H groups in total. The quantitative estimate of drug-likeness (QED) is 0.892. The van der Waals surface area contributed by atoms with E-state index in [4.69, 9.17) is 0 Å². The van der Waals surface area contributed by atoms with E-state index in [0.29, 0.717) is 0 Å². The van der Waals surface area contributed by atoms with Gasteiger partial charge in [0.05, 0.1) is 11.7 Å². The van der Waals surface area contributed by atoms with Gasteiger partial charge in [0.2, 0.25) is 0 Å². The molecule has 0 saturated carbocycles. The average Bonchev–Trinajstić information content (AvgIpc) is 2.46. The van der Waals surface area contributed by atoms with Crippen molar-refractivity contribution in [2.24, 2.45) is 0 Å². The van der Waals surface area contributed by atoms with Crippen LogP contribution in [0.3, 0.4) is 0 Å². The Bertz CT molecular complexity index is 520. The van der Waals surface area contributed by atoms with Crippen LogP contribution in [0.2, 0.25) is 0 Å². The normalized spacial score (nSPS) is 12.4. The first kappa shape index (κ1) is 13.7. The lowest BCUT2D eigenvalue weighted by molar-refractivity contribution is 0.607. The summed E-state index contributed by atoms with van der Waals surface area (Å²) in [5.74, 6) is 0. The monoisotopic (exact) mass is 255 g/mol. The van der Waals surface area contributed by atoms with Gasteiger partial charge >= 0.3 is 0 Å². The maximum Gasteiger partial charge on any atom is 0.0769 e. The fourth-order valence-electron chi connectivity index (χ4n) is 2.24. The predicted octanol–water partition coefficient (Wildman–Crippen LogP) is 3.05. The van der Waals surface area contributed by atoms with Crippen LogP contribution in [0.15, 0.2) is 36.7 Å². The SMILES string of the molecule is CCNC(c1ccc(C)nc1)c1ncccc1CC. The number of pyridine rings is 2. The molecule has 0 aliphatic rings. The first-order valence-corrected chi connectivity index (χ1v) is 6.86. The van der Waals surface area contributed by atoms with Crippen LogP contribution < -0.4 is 5.32 Å². The first-order valence-electron chi connectivity index (χ1n) is 6.86. The summed E-state index contributed by atoms with van der Waals surface area (Å²) in [6, 6.07) is 8.44. The lowest BCUT2D eigenvalue weighted by atomic mass is 9.99. The third-order valence-electron chi connectivity index (χ3n) is 3.26. The lowest BCUT2D eigenvalue weighted by Crippen LogP contribution is -2.24. The molecule has 0 aliphatic heterocycles. The molecule has 0 bridgehead atoms. The number of rotatable bonds is 5. The molecule has 2 rings (SSSR count). The van der Waals surface area contributed by atoms with Crippen molar-refractivity contribution < 1.29 is 0 Å². The van der Waals surface area contributed by atoms with Crippen molar-refractivity contribution in [3.8, 4) is 0 Å². The second-order valence-corrected chi connectivity index (χ2v) is 4.62. The summed E-state index contributed by atoms with van der Waals surface area (Å²) in [7, 11) is 0. The topological polar surface area (TPSA) is 37.8 Å². The van der Waals surface area contributed by atoms with Gasteiger partial charge in [-0.25, -0.2) is 0 Å². The van der Waals surface area contributed by atoms with Crippen LogP contribution in [0.5, 0.6) is 0 Å². The van der Waals surface area contributed by atoms with Crippen molar-refractivity contribution in [1.29, 1.82) is 0 Å². The zero-order chi connectivity index (χ0) is 13.7. The van der Waals surface area contributed by atoms with Gasteiger partial charge in [-0.15, -0.1) is 0 Å². The van der Waals surface area contributed by atoms with E-state index in [-0.39, 0.29) is 6.04 Å². The molecule has 3 nitrogen and oxygen atoms in total. The summed E-state index contributed by atoms with van der Waals surface area (Å²) in [6.07, 6.45) is 4.79. The van der Waals surface area contributed by atoms with Crippen LogP contribution in [0, 0.1) is 6.92 Å². The van der Waals surface area contributed by atoms with Gasteiger partial charge in [0.15, 0.2) is 0 Å². The van der Waals surface area contributed by atoms with E-state index in [1.54, 1.807) is 0 Å². The average molecular weight is 255 g/mol. The molecule has 0 aliphatic carbocycles. The molecule has 100 valence electrons. The van der Waals surface area contributed by atoms with Gasteiger partial charge in [0.25, 0.3) is 0 Å². The van der Waals surface area contributed by atoms with Gasteiger partial charge in [-0.05, 0) is 43.1 Å². The highest BCUT2D eigenvalue weighted by Gasteiger charge is 2.17. The predicted molar refractivity (Wildman–Crippen MR) is 78.1 cm³/mol. The fourth-order valence-corrected chi connectivity index (χ4v) is 2.24. The minimum atomic E-state index is 0.120. The van der Waals surface area contributed by atoms with Crippen molar-refractivity contribution in [2.45, 2.75) is 33.2 Å². The molecule has 3 heteroatoms. The second-order valence-electron chi connectivity index (χ2n) is 4.62. The molecule has 2 aromatic rings. The molecule has 0 aromatic carbocycles. The number of hydrogen-bond acceptors (Lipinski definition) is 3. The summed E-state index contributed by atoms with van der Waals surface area (Å²) in [4.78, 5) is 8.97. The van der Waals surface area contributed by atoms with Crippen molar-refractivity contribution >= 4 is 0 Å². The van der Waals surface area contributed by atoms with E-state index in [0.717, 1.165) is 24.4 Å². The Hall–Kier alpha value is -1.74. The van der Waals surface area contributed by atoms with E-state index >= 15 is 0 Å². The van der Waals surface area contributed by atoms with Crippen LogP contribution in [0.1, 0.15) is 42.4 Å². The van der Waals surface area contributed by atoms with E-state index in [2.05, 4.69) is 41.3 Å². The molecule has 19 heavy (non-hydrogen) atoms. The molecular formula is C16H21N3. The van der Waals surface area contributed by atoms with Gasteiger partial charge < -0.3 is 5.32 Å². The van der Waals surface area contributed by atoms with E-state index in [9.17, 15) is 0 Å². The number of nitrogens with one attached hydrogen (secondary N) is 1. The third kappa shape index (κ3) is 3.18. The highest BCUT2D eigenvalue weighted by atomic mass is 14.9. The van der Waals surface area contributed by atoms with Crippen LogP contribution in [-0.2, 0) is 6.42 Å². The number of aryl methyl sites for hydroxylation is 2. The Balaban J connectivity index is 2.42. The van der Waals surface area contributed by atoms with Crippen molar-refractivity contribution in [3.05, 3.63) is 59.2 Å². The standard InChI is InChI=1S/C16H21N3/c1-4-13-7-6-10-18-15(13)16(17-5-2)14-9-8-12(3)19-11-14/h6-11,16-17H,4-5H2,1-3H3. The highest BCUT2D eigenvalue weighted by molar-refractivity contribution is 5.32. The van der Waals surface area contributed by atoms with E-state index in [1.165, 1.54) is 11.1 Å². The second kappa shape index (κ2) is 6.43. The first-order chi connectivity index (χ1) is 9.26. The van der Waals surface area contributed by atoms with Crippen LogP contribution in [-0.4, -0.2) is 16.5 Å². The highest BCUT2D eigenvalue weighted by Crippen LogP contribution is 2.23. The summed E-state index contributed by atoms with van der Waals surface area (Å²) in [5, 5.41) is 3.51. The maximum absolute atomic E-state index is 4.58. The Morgan fingerprint density at radius 1 is 1.16 bits per heavy atom. The lowest BCUT2D eigenvalue weighted by Gasteiger charge is -2.20. The van der Waals surface area contributed by atoms with Crippen molar-refractivity contribution in [3.63, 3.8) is 0 Å². The molecule has 0 amide bonds.